The number of amides is 6. The van der Waals surface area contributed by atoms with Crippen molar-refractivity contribution in [1.82, 2.24) is 30.4 Å². The molecule has 87 heavy (non-hydrogen) atoms. The van der Waals surface area contributed by atoms with Crippen LogP contribution < -0.4 is 21.3 Å². The second-order valence-electron chi connectivity index (χ2n) is 20.7. The largest absolute Gasteiger partial charge is 0.475 e. The fraction of sp³-hybridized carbons (Fsp3) is 0.424. The highest BCUT2D eigenvalue weighted by Gasteiger charge is 2.38. The number of hydrogen-bond acceptors (Lipinski definition) is 15. The highest BCUT2D eigenvalue weighted by Crippen LogP contribution is 2.55. The van der Waals surface area contributed by atoms with Gasteiger partial charge in [0, 0.05) is 50.4 Å². The first kappa shape index (κ1) is 80.9. The van der Waals surface area contributed by atoms with Crippen LogP contribution in [-0.4, -0.2) is 135 Å². The van der Waals surface area contributed by atoms with E-state index in [9.17, 15) is 47.8 Å². The lowest BCUT2D eigenvalue weighted by Crippen LogP contribution is -2.47. The minimum Gasteiger partial charge on any atom is -0.447 e. The third-order valence-corrected chi connectivity index (χ3v) is 14.5. The zero-order valence-electron chi connectivity index (χ0n) is 47.5. The summed E-state index contributed by atoms with van der Waals surface area (Å²) in [5.74, 6) is -0.684. The Hall–Kier alpha value is -6.09. The summed E-state index contributed by atoms with van der Waals surface area (Å²) in [5, 5.41) is 43.7. The Morgan fingerprint density at radius 2 is 0.966 bits per heavy atom. The van der Waals surface area contributed by atoms with Crippen molar-refractivity contribution in [3.05, 3.63) is 142 Å². The zero-order chi connectivity index (χ0) is 60.4. The van der Waals surface area contributed by atoms with Crippen molar-refractivity contribution < 1.29 is 70.9 Å². The molecule has 4 atom stereocenters. The van der Waals surface area contributed by atoms with Crippen LogP contribution in [0.25, 0.3) is 21.5 Å². The number of nitrogens with zero attached hydrogens (tertiary/aromatic N) is 4. The Morgan fingerprint density at radius 3 is 1.33 bits per heavy atom. The number of pyridine rings is 2. The maximum Gasteiger partial charge on any atom is 0.475 e. The fourth-order valence-corrected chi connectivity index (χ4v) is 9.81. The monoisotopic (exact) mass is 1320 g/mol. The molecule has 0 fully saturated rings. The molecular weight excluding hydrogens is 1230 g/mol. The molecule has 484 valence electrons. The Labute approximate surface area is 532 Å². The van der Waals surface area contributed by atoms with E-state index in [2.05, 4.69) is 31.2 Å². The van der Waals surface area contributed by atoms with Crippen LogP contribution in [-0.2, 0) is 40.7 Å². The number of aromatic nitrogens is 2. The summed E-state index contributed by atoms with van der Waals surface area (Å²) in [4.78, 5) is 61.7. The topological polar surface area (TPSA) is 273 Å². The number of carbonyl (C=O) groups is 4. The number of urea groups is 2. The first-order chi connectivity index (χ1) is 38.6. The Balaban J connectivity index is 0.00000167. The van der Waals surface area contributed by atoms with Crippen molar-refractivity contribution in [1.29, 1.82) is 0 Å². The van der Waals surface area contributed by atoms with Gasteiger partial charge in [-0.05, 0) is 101 Å². The van der Waals surface area contributed by atoms with Crippen LogP contribution in [0.4, 0.5) is 39.6 Å². The third kappa shape index (κ3) is 27.0. The van der Waals surface area contributed by atoms with E-state index in [4.69, 9.17) is 46.2 Å². The van der Waals surface area contributed by atoms with Crippen LogP contribution in [0.3, 0.4) is 0 Å². The third-order valence-electron chi connectivity index (χ3n) is 11.7. The number of phosphoric acid groups is 1. The molecule has 0 spiro atoms. The molecule has 0 saturated carbocycles. The predicted molar refractivity (Wildman–Crippen MR) is 348 cm³/mol. The summed E-state index contributed by atoms with van der Waals surface area (Å²) in [6.07, 6.45) is -1.07. The molecule has 0 saturated heterocycles. The SMILES string of the molecule is C.C.C.CN(C(=O)NCc1cccc(F)c1Cl)[C@H](COC(=O)Nc1cc2ccccc2cn1)C[C@@H](O)CO.CN(C(=O)NCc1cccc(F)c1Cl)[C@H](COC(=O)Nc1cc2ccccc2cn1)C[C@@H](O)COP(=O)(OC(C)(C)C)OC(C)(C)C.S.S. The lowest BCUT2D eigenvalue weighted by Gasteiger charge is -2.32. The van der Waals surface area contributed by atoms with Crippen molar-refractivity contribution in [3.63, 3.8) is 0 Å². The van der Waals surface area contributed by atoms with Crippen LogP contribution in [0.5, 0.6) is 0 Å². The average Bonchev–Trinajstić information content (AvgIpc) is 2.86. The van der Waals surface area contributed by atoms with Crippen LogP contribution >= 0.6 is 58.0 Å². The van der Waals surface area contributed by atoms with Crippen LogP contribution in [0.15, 0.2) is 109 Å². The number of carbonyl (C=O) groups excluding carboxylic acids is 4. The number of rotatable bonds is 22. The van der Waals surface area contributed by atoms with Crippen LogP contribution in [0, 0.1) is 11.6 Å². The van der Waals surface area contributed by atoms with Crippen molar-refractivity contribution in [2.45, 2.75) is 125 Å². The van der Waals surface area contributed by atoms with Crippen molar-refractivity contribution in [3.8, 4) is 0 Å². The maximum absolute atomic E-state index is 13.9. The van der Waals surface area contributed by atoms with Gasteiger partial charge in [0.2, 0.25) is 0 Å². The van der Waals surface area contributed by atoms with Gasteiger partial charge >= 0.3 is 32.1 Å². The first-order valence-corrected chi connectivity index (χ1v) is 27.9. The molecule has 4 aromatic carbocycles. The molecule has 6 rings (SSSR count). The van der Waals surface area contributed by atoms with E-state index in [-0.39, 0.29) is 104 Å². The zero-order valence-corrected chi connectivity index (χ0v) is 51.9. The highest BCUT2D eigenvalue weighted by atomic mass is 35.5. The number of anilines is 2. The molecule has 6 aromatic rings. The number of hydrogen-bond donors (Lipinski definition) is 7. The van der Waals surface area contributed by atoms with Gasteiger partial charge in [-0.25, -0.2) is 42.5 Å². The molecule has 2 aromatic heterocycles. The molecule has 0 aliphatic rings. The second-order valence-corrected chi connectivity index (χ2v) is 22.9. The summed E-state index contributed by atoms with van der Waals surface area (Å²) in [5.41, 5.74) is -1.04. The molecule has 7 N–H and O–H groups in total. The number of ether oxygens (including phenoxy) is 2. The quantitative estimate of drug-likeness (QED) is 0.0311. The van der Waals surface area contributed by atoms with E-state index in [1.54, 1.807) is 78.2 Å². The fourth-order valence-electron chi connectivity index (χ4n) is 7.59. The molecule has 0 aliphatic heterocycles. The van der Waals surface area contributed by atoms with Gasteiger partial charge < -0.3 is 45.2 Å². The minimum absolute atomic E-state index is 0. The lowest BCUT2D eigenvalue weighted by molar-refractivity contribution is -0.0155. The van der Waals surface area contributed by atoms with Gasteiger partial charge in [-0.2, -0.15) is 27.0 Å². The summed E-state index contributed by atoms with van der Waals surface area (Å²) in [7, 11) is -1.26. The van der Waals surface area contributed by atoms with Gasteiger partial charge in [0.05, 0.1) is 58.8 Å². The molecular formula is C59H85Cl2F2N8O13PS2. The van der Waals surface area contributed by atoms with Crippen LogP contribution in [0.2, 0.25) is 10.0 Å². The molecule has 0 bridgehead atoms. The number of halogens is 4. The van der Waals surface area contributed by atoms with Crippen LogP contribution in [0.1, 0.15) is 87.8 Å². The number of fused-ring (bicyclic) bond motifs is 2. The number of likely N-dealkylation sites (N-methyl/N-ethyl adjacent to an activating group) is 2. The van der Waals surface area contributed by atoms with Gasteiger partial charge in [-0.15, -0.1) is 0 Å². The summed E-state index contributed by atoms with van der Waals surface area (Å²) in [6, 6.07) is 24.0. The van der Waals surface area contributed by atoms with Gasteiger partial charge in [0.15, 0.2) is 0 Å². The van der Waals surface area contributed by atoms with Gasteiger partial charge in [-0.1, -0.05) is 118 Å². The Bertz CT molecular complexity index is 3170. The molecule has 0 unspecified atom stereocenters. The van der Waals surface area contributed by atoms with E-state index in [1.807, 2.05) is 48.5 Å². The number of phosphoric ester groups is 1. The lowest BCUT2D eigenvalue weighted by atomic mass is 10.1. The average molecular weight is 1320 g/mol. The van der Waals surface area contributed by atoms with Crippen molar-refractivity contribution >= 4 is 115 Å². The summed E-state index contributed by atoms with van der Waals surface area (Å²) in [6.45, 7) is 8.34. The Kier molecular flexibility index (Phi) is 35.0. The number of nitrogens with one attached hydrogen (secondary N) is 4. The number of benzene rings is 4. The van der Waals surface area contributed by atoms with E-state index >= 15 is 0 Å². The second kappa shape index (κ2) is 37.7. The van der Waals surface area contributed by atoms with Crippen molar-refractivity contribution in [2.75, 3.05) is 51.2 Å². The first-order valence-electron chi connectivity index (χ1n) is 25.7. The maximum atomic E-state index is 13.9. The van der Waals surface area contributed by atoms with E-state index in [0.717, 1.165) is 21.5 Å². The van der Waals surface area contributed by atoms with E-state index < -0.39 is 92.4 Å². The smallest absolute Gasteiger partial charge is 0.447 e. The molecule has 6 amide bonds. The minimum atomic E-state index is -4.14. The van der Waals surface area contributed by atoms with Gasteiger partial charge in [-0.3, -0.25) is 24.2 Å². The van der Waals surface area contributed by atoms with E-state index in [0.29, 0.717) is 16.9 Å². The predicted octanol–water partition coefficient (Wildman–Crippen LogP) is 13.0. The van der Waals surface area contributed by atoms with Gasteiger partial charge in [0.25, 0.3) is 0 Å². The molecule has 28 heteroatoms. The summed E-state index contributed by atoms with van der Waals surface area (Å²) < 4.78 is 68.4. The molecule has 21 nitrogen and oxygen atoms in total. The van der Waals surface area contributed by atoms with E-state index in [1.165, 1.54) is 48.2 Å². The molecule has 0 aliphatic carbocycles. The number of aliphatic hydroxyl groups excluding tert-OH is 3. The normalized spacial score (nSPS) is 12.4. The Morgan fingerprint density at radius 1 is 0.598 bits per heavy atom. The number of aliphatic hydroxyl groups is 3. The molecule has 0 radical (unpaired) electrons. The highest BCUT2D eigenvalue weighted by molar-refractivity contribution is 7.59. The summed E-state index contributed by atoms with van der Waals surface area (Å²) >= 11 is 11.9. The van der Waals surface area contributed by atoms with Crippen molar-refractivity contribution in [2.24, 2.45) is 0 Å². The van der Waals surface area contributed by atoms with Gasteiger partial charge in [0.1, 0.15) is 36.5 Å². The standard InChI is InChI=1S/C32H43ClFN4O8P.C24H26ClFN4O5.3CH4.2H2S/c1-31(2,3)45-47(42,46-32(4,5)6)44-20-25(39)16-24(38(7)29(40)36-18-23-13-10-14-26(34)28(23)33)19-43-30(41)37-27-15-21-11-8-9-12-22(21)17-35-27;1-30(23(33)28-12-17-7-4-8-20(26)22(17)25)18(10-19(32)13-31)14-35-24(34)29-21-9-15-5-2-3-6-16(15)11-27-21;;;;;/h8-15,17,24-25,39H,16,18-20H2,1-7H3,(H,36,40)(H,35,37,41);2-9,11,18-19,31-32H,10,12-14H2,1H3,(H,28,33)(H,27,29,34);3*1H4;2*1H2/t24-,25+;18-,19+;;;;;/m00...../s1. The molecule has 2 heterocycles.